The standard InChI is InChI=1S/C17H19ClN6O/c18-13-3-1-11(2-4-13)10-24-15-14(22-17(24)25)9-21-16(23-15)20-8-12-5-6-19-7-12/h1-4,9,12,19H,5-8,10H2,(H,22,25)(H,20,21,23)/t12-/m1/s1. The molecule has 4 rings (SSSR count). The zero-order chi connectivity index (χ0) is 17.2. The molecule has 0 bridgehead atoms. The van der Waals surface area contributed by atoms with Gasteiger partial charge in [0.05, 0.1) is 12.7 Å². The van der Waals surface area contributed by atoms with Crippen molar-refractivity contribution in [3.05, 3.63) is 51.5 Å². The zero-order valence-corrected chi connectivity index (χ0v) is 14.4. The SMILES string of the molecule is O=c1[nH]c2cnc(NC[C@@H]3CCNC3)nc2n1Cc1ccc(Cl)cc1. The summed E-state index contributed by atoms with van der Waals surface area (Å²) < 4.78 is 1.61. The van der Waals surface area contributed by atoms with Crippen molar-refractivity contribution in [2.45, 2.75) is 13.0 Å². The van der Waals surface area contributed by atoms with Crippen molar-refractivity contribution in [1.29, 1.82) is 0 Å². The molecule has 8 heteroatoms. The molecule has 1 aromatic carbocycles. The van der Waals surface area contributed by atoms with Gasteiger partial charge in [-0.3, -0.25) is 4.57 Å². The third kappa shape index (κ3) is 3.52. The Labute approximate surface area is 149 Å². The van der Waals surface area contributed by atoms with Crippen LogP contribution in [0.1, 0.15) is 12.0 Å². The Morgan fingerprint density at radius 2 is 2.16 bits per heavy atom. The van der Waals surface area contributed by atoms with E-state index in [-0.39, 0.29) is 5.69 Å². The van der Waals surface area contributed by atoms with Gasteiger partial charge < -0.3 is 15.6 Å². The lowest BCUT2D eigenvalue weighted by molar-refractivity contribution is 0.613. The van der Waals surface area contributed by atoms with Crippen molar-refractivity contribution in [3.8, 4) is 0 Å². The monoisotopic (exact) mass is 358 g/mol. The fraction of sp³-hybridized carbons (Fsp3) is 0.353. The number of aromatic amines is 1. The number of hydrogen-bond donors (Lipinski definition) is 3. The molecule has 1 fully saturated rings. The summed E-state index contributed by atoms with van der Waals surface area (Å²) in [5.74, 6) is 1.13. The molecule has 1 aliphatic heterocycles. The highest BCUT2D eigenvalue weighted by atomic mass is 35.5. The van der Waals surface area contributed by atoms with Crippen LogP contribution in [-0.4, -0.2) is 39.2 Å². The van der Waals surface area contributed by atoms with E-state index in [0.717, 1.165) is 31.6 Å². The van der Waals surface area contributed by atoms with Gasteiger partial charge in [-0.15, -0.1) is 0 Å². The number of hydrogen-bond acceptors (Lipinski definition) is 5. The van der Waals surface area contributed by atoms with Gasteiger partial charge in [0.25, 0.3) is 0 Å². The second kappa shape index (κ2) is 6.85. The van der Waals surface area contributed by atoms with Gasteiger partial charge in [0.2, 0.25) is 5.95 Å². The molecular formula is C17H19ClN6O. The highest BCUT2D eigenvalue weighted by Gasteiger charge is 2.15. The number of H-pyrrole nitrogens is 1. The maximum Gasteiger partial charge on any atom is 0.328 e. The zero-order valence-electron chi connectivity index (χ0n) is 13.6. The summed E-state index contributed by atoms with van der Waals surface area (Å²) in [4.78, 5) is 23.9. The molecule has 0 radical (unpaired) electrons. The molecule has 0 unspecified atom stereocenters. The highest BCUT2D eigenvalue weighted by Crippen LogP contribution is 2.14. The lowest BCUT2D eigenvalue weighted by Crippen LogP contribution is -2.19. The van der Waals surface area contributed by atoms with Crippen LogP contribution >= 0.6 is 11.6 Å². The summed E-state index contributed by atoms with van der Waals surface area (Å²) in [5.41, 5.74) is 2.02. The number of imidazole rings is 1. The maximum atomic E-state index is 12.3. The average Bonchev–Trinajstić information content (AvgIpc) is 3.23. The van der Waals surface area contributed by atoms with Crippen molar-refractivity contribution in [2.75, 3.05) is 25.0 Å². The molecule has 130 valence electrons. The first kappa shape index (κ1) is 16.1. The van der Waals surface area contributed by atoms with Crippen LogP contribution in [0.3, 0.4) is 0 Å². The van der Waals surface area contributed by atoms with Gasteiger partial charge >= 0.3 is 5.69 Å². The largest absolute Gasteiger partial charge is 0.354 e. The molecule has 0 saturated carbocycles. The molecule has 3 N–H and O–H groups in total. The Bertz CT molecular complexity index is 926. The van der Waals surface area contributed by atoms with Crippen LogP contribution in [0.15, 0.2) is 35.3 Å². The van der Waals surface area contributed by atoms with Crippen LogP contribution in [0.4, 0.5) is 5.95 Å². The summed E-state index contributed by atoms with van der Waals surface area (Å²) in [5, 5.41) is 7.29. The van der Waals surface area contributed by atoms with Crippen LogP contribution in [0, 0.1) is 5.92 Å². The third-order valence-electron chi connectivity index (χ3n) is 4.48. The Kier molecular flexibility index (Phi) is 4.42. The molecule has 0 spiro atoms. The van der Waals surface area contributed by atoms with E-state index in [4.69, 9.17) is 11.6 Å². The number of anilines is 1. The third-order valence-corrected chi connectivity index (χ3v) is 4.73. The van der Waals surface area contributed by atoms with Gasteiger partial charge in [0, 0.05) is 11.6 Å². The quantitative estimate of drug-likeness (QED) is 0.647. The number of halogens is 1. The molecule has 2 aromatic heterocycles. The minimum absolute atomic E-state index is 0.198. The molecule has 3 aromatic rings. The second-order valence-corrected chi connectivity index (χ2v) is 6.75. The Balaban J connectivity index is 1.59. The van der Waals surface area contributed by atoms with Gasteiger partial charge in [-0.1, -0.05) is 23.7 Å². The van der Waals surface area contributed by atoms with Crippen molar-refractivity contribution < 1.29 is 0 Å². The number of rotatable bonds is 5. The smallest absolute Gasteiger partial charge is 0.328 e. The number of fused-ring (bicyclic) bond motifs is 1. The van der Waals surface area contributed by atoms with Gasteiger partial charge in [0.15, 0.2) is 5.65 Å². The number of nitrogens with one attached hydrogen (secondary N) is 3. The molecule has 1 atom stereocenters. The van der Waals surface area contributed by atoms with E-state index in [0.29, 0.717) is 34.6 Å². The lowest BCUT2D eigenvalue weighted by Gasteiger charge is -2.10. The summed E-state index contributed by atoms with van der Waals surface area (Å²) in [6, 6.07) is 7.44. The molecule has 0 aliphatic carbocycles. The summed E-state index contributed by atoms with van der Waals surface area (Å²) in [7, 11) is 0. The Hall–Kier alpha value is -2.38. The van der Waals surface area contributed by atoms with Crippen molar-refractivity contribution in [3.63, 3.8) is 0 Å². The predicted molar refractivity (Wildman–Crippen MR) is 98.2 cm³/mol. The molecule has 25 heavy (non-hydrogen) atoms. The van der Waals surface area contributed by atoms with E-state index in [1.54, 1.807) is 10.8 Å². The summed E-state index contributed by atoms with van der Waals surface area (Å²) >= 11 is 5.92. The van der Waals surface area contributed by atoms with Crippen molar-refractivity contribution in [2.24, 2.45) is 5.92 Å². The van der Waals surface area contributed by atoms with E-state index in [9.17, 15) is 4.79 Å². The van der Waals surface area contributed by atoms with E-state index >= 15 is 0 Å². The van der Waals surface area contributed by atoms with E-state index in [1.165, 1.54) is 0 Å². The Morgan fingerprint density at radius 1 is 1.32 bits per heavy atom. The average molecular weight is 359 g/mol. The molecule has 1 saturated heterocycles. The van der Waals surface area contributed by atoms with Crippen LogP contribution in [0.2, 0.25) is 5.02 Å². The normalized spacial score (nSPS) is 17.2. The first-order valence-electron chi connectivity index (χ1n) is 8.33. The van der Waals surface area contributed by atoms with E-state index < -0.39 is 0 Å². The minimum atomic E-state index is -0.198. The molecule has 0 amide bonds. The molecule has 3 heterocycles. The number of nitrogens with zero attached hydrogens (tertiary/aromatic N) is 3. The van der Waals surface area contributed by atoms with Crippen LogP contribution in [0.5, 0.6) is 0 Å². The van der Waals surface area contributed by atoms with Crippen LogP contribution in [0.25, 0.3) is 11.2 Å². The van der Waals surface area contributed by atoms with Crippen LogP contribution < -0.4 is 16.3 Å². The minimum Gasteiger partial charge on any atom is -0.354 e. The van der Waals surface area contributed by atoms with Gasteiger partial charge in [0.1, 0.15) is 5.52 Å². The van der Waals surface area contributed by atoms with E-state index in [2.05, 4.69) is 25.6 Å². The fourth-order valence-electron chi connectivity index (χ4n) is 3.07. The highest BCUT2D eigenvalue weighted by molar-refractivity contribution is 6.30. The van der Waals surface area contributed by atoms with Gasteiger partial charge in [-0.2, -0.15) is 4.98 Å². The predicted octanol–water partition coefficient (Wildman–Crippen LogP) is 1.84. The van der Waals surface area contributed by atoms with E-state index in [1.807, 2.05) is 24.3 Å². The Morgan fingerprint density at radius 3 is 2.92 bits per heavy atom. The van der Waals surface area contributed by atoms with Gasteiger partial charge in [-0.25, -0.2) is 9.78 Å². The van der Waals surface area contributed by atoms with Gasteiger partial charge in [-0.05, 0) is 43.1 Å². The van der Waals surface area contributed by atoms with Crippen molar-refractivity contribution >= 4 is 28.7 Å². The lowest BCUT2D eigenvalue weighted by atomic mass is 10.1. The van der Waals surface area contributed by atoms with Crippen LogP contribution in [-0.2, 0) is 6.54 Å². The summed E-state index contributed by atoms with van der Waals surface area (Å²) in [6.07, 6.45) is 2.80. The molecule has 1 aliphatic rings. The molecule has 7 nitrogen and oxygen atoms in total. The number of benzene rings is 1. The maximum absolute atomic E-state index is 12.3. The second-order valence-electron chi connectivity index (χ2n) is 6.31. The topological polar surface area (TPSA) is 87.6 Å². The van der Waals surface area contributed by atoms with Crippen molar-refractivity contribution in [1.82, 2.24) is 24.8 Å². The fourth-order valence-corrected chi connectivity index (χ4v) is 3.20. The summed E-state index contributed by atoms with van der Waals surface area (Å²) in [6.45, 7) is 3.33. The first-order valence-corrected chi connectivity index (χ1v) is 8.71. The molecular weight excluding hydrogens is 340 g/mol. The first-order chi connectivity index (χ1) is 12.2. The number of aromatic nitrogens is 4.